The van der Waals surface area contributed by atoms with E-state index in [9.17, 15) is 0 Å². The molecule has 0 saturated carbocycles. The third kappa shape index (κ3) is 3.73. The zero-order valence-electron chi connectivity index (χ0n) is 12.3. The van der Waals surface area contributed by atoms with Crippen molar-refractivity contribution in [2.75, 3.05) is 39.3 Å². The molecule has 21 heavy (non-hydrogen) atoms. The van der Waals surface area contributed by atoms with E-state index in [4.69, 9.17) is 5.11 Å². The van der Waals surface area contributed by atoms with Crippen molar-refractivity contribution in [3.63, 3.8) is 0 Å². The van der Waals surface area contributed by atoms with Crippen molar-refractivity contribution in [3.05, 3.63) is 48.2 Å². The lowest BCUT2D eigenvalue weighted by molar-refractivity contribution is 0.108. The number of H-pyrrole nitrogens is 1. The maximum absolute atomic E-state index is 8.97. The molecule has 0 unspecified atom stereocenters. The molecule has 0 bridgehead atoms. The topological polar surface area (TPSA) is 42.5 Å². The lowest BCUT2D eigenvalue weighted by Gasteiger charge is -2.34. The van der Waals surface area contributed by atoms with Gasteiger partial charge in [0.1, 0.15) is 0 Å². The zero-order valence-corrected chi connectivity index (χ0v) is 12.3. The summed E-state index contributed by atoms with van der Waals surface area (Å²) in [5, 5.41) is 8.97. The number of hydrogen-bond donors (Lipinski definition) is 2. The van der Waals surface area contributed by atoms with Gasteiger partial charge in [0.05, 0.1) is 6.61 Å². The van der Waals surface area contributed by atoms with Gasteiger partial charge >= 0.3 is 0 Å². The van der Waals surface area contributed by atoms with Crippen LogP contribution in [0.4, 0.5) is 0 Å². The Morgan fingerprint density at radius 3 is 2.29 bits per heavy atom. The minimum atomic E-state index is 0.264. The van der Waals surface area contributed by atoms with E-state index in [0.29, 0.717) is 0 Å². The van der Waals surface area contributed by atoms with Crippen LogP contribution in [0, 0.1) is 0 Å². The Morgan fingerprint density at radius 1 is 0.952 bits per heavy atom. The predicted molar refractivity (Wildman–Crippen MR) is 85.0 cm³/mol. The van der Waals surface area contributed by atoms with Gasteiger partial charge in [-0.15, -0.1) is 0 Å². The largest absolute Gasteiger partial charge is 0.395 e. The molecule has 1 aliphatic rings. The summed E-state index contributed by atoms with van der Waals surface area (Å²) in [4.78, 5) is 8.04. The number of hydrogen-bond acceptors (Lipinski definition) is 3. The van der Waals surface area contributed by atoms with Crippen LogP contribution in [0.1, 0.15) is 5.56 Å². The highest BCUT2D eigenvalue weighted by Gasteiger charge is 2.16. The molecule has 0 radical (unpaired) electrons. The molecule has 2 N–H and O–H groups in total. The Labute approximate surface area is 126 Å². The normalized spacial score (nSPS) is 17.2. The highest BCUT2D eigenvalue weighted by Crippen LogP contribution is 2.18. The third-order valence-corrected chi connectivity index (χ3v) is 4.15. The van der Waals surface area contributed by atoms with E-state index in [-0.39, 0.29) is 6.61 Å². The summed E-state index contributed by atoms with van der Waals surface area (Å²) in [5.41, 5.74) is 3.76. The summed E-state index contributed by atoms with van der Waals surface area (Å²) in [6, 6.07) is 12.9. The molecule has 1 saturated heterocycles. The van der Waals surface area contributed by atoms with Crippen molar-refractivity contribution in [1.82, 2.24) is 14.8 Å². The molecule has 1 aromatic heterocycles. The molecule has 4 nitrogen and oxygen atoms in total. The number of nitrogens with zero attached hydrogens (tertiary/aromatic N) is 2. The molecule has 0 spiro atoms. The first-order valence-electron chi connectivity index (χ1n) is 7.63. The highest BCUT2D eigenvalue weighted by atomic mass is 16.3. The van der Waals surface area contributed by atoms with Crippen molar-refractivity contribution < 1.29 is 5.11 Å². The molecular weight excluding hydrogens is 262 g/mol. The highest BCUT2D eigenvalue weighted by molar-refractivity contribution is 5.59. The van der Waals surface area contributed by atoms with Crippen LogP contribution in [-0.2, 0) is 6.54 Å². The Morgan fingerprint density at radius 2 is 1.67 bits per heavy atom. The molecular formula is C17H23N3O. The van der Waals surface area contributed by atoms with E-state index in [0.717, 1.165) is 39.3 Å². The van der Waals surface area contributed by atoms with Crippen LogP contribution in [0.15, 0.2) is 42.6 Å². The first kappa shape index (κ1) is 14.3. The van der Waals surface area contributed by atoms with Crippen LogP contribution in [0.5, 0.6) is 0 Å². The van der Waals surface area contributed by atoms with Gasteiger partial charge < -0.3 is 10.1 Å². The maximum atomic E-state index is 8.97. The smallest absolute Gasteiger partial charge is 0.0558 e. The van der Waals surface area contributed by atoms with Gasteiger partial charge in [-0.05, 0) is 23.3 Å². The number of benzene rings is 1. The fraction of sp³-hybridized carbons (Fsp3) is 0.412. The van der Waals surface area contributed by atoms with Crippen molar-refractivity contribution in [3.8, 4) is 11.3 Å². The molecule has 0 amide bonds. The van der Waals surface area contributed by atoms with Gasteiger partial charge in [-0.25, -0.2) is 0 Å². The zero-order chi connectivity index (χ0) is 14.5. The Balaban J connectivity index is 1.54. The average molecular weight is 285 g/mol. The van der Waals surface area contributed by atoms with Crippen LogP contribution in [-0.4, -0.2) is 59.2 Å². The number of β-amino-alcohol motifs (C(OH)–C–C–N with tert-alkyl or cyclic N) is 1. The Hall–Kier alpha value is -1.62. The van der Waals surface area contributed by atoms with Crippen LogP contribution >= 0.6 is 0 Å². The minimum Gasteiger partial charge on any atom is -0.395 e. The molecule has 1 aliphatic heterocycles. The molecule has 3 rings (SSSR count). The fourth-order valence-corrected chi connectivity index (χ4v) is 2.87. The average Bonchev–Trinajstić information content (AvgIpc) is 3.05. The van der Waals surface area contributed by atoms with E-state index in [1.54, 1.807) is 0 Å². The fourth-order valence-electron chi connectivity index (χ4n) is 2.87. The second-order valence-electron chi connectivity index (χ2n) is 5.62. The Bertz CT molecular complexity index is 528. The lowest BCUT2D eigenvalue weighted by atomic mass is 10.1. The summed E-state index contributed by atoms with van der Waals surface area (Å²) < 4.78 is 0. The van der Waals surface area contributed by atoms with Gasteiger partial charge in [0.25, 0.3) is 0 Å². The first-order chi connectivity index (χ1) is 10.3. The minimum absolute atomic E-state index is 0.264. The summed E-state index contributed by atoms with van der Waals surface area (Å²) >= 11 is 0. The standard InChI is InChI=1S/C17H23N3O/c21-13-12-19-8-10-20(11-9-19)14-15-3-5-16(6-4-15)17-2-1-7-18-17/h1-7,18,21H,8-14H2. The van der Waals surface area contributed by atoms with E-state index >= 15 is 0 Å². The number of aliphatic hydroxyl groups is 1. The van der Waals surface area contributed by atoms with Crippen molar-refractivity contribution in [2.45, 2.75) is 6.54 Å². The summed E-state index contributed by atoms with van der Waals surface area (Å²) in [7, 11) is 0. The maximum Gasteiger partial charge on any atom is 0.0558 e. The Kier molecular flexibility index (Phi) is 4.70. The molecule has 4 heteroatoms. The SMILES string of the molecule is OCCN1CCN(Cc2ccc(-c3ccc[nH]3)cc2)CC1. The van der Waals surface area contributed by atoms with Crippen LogP contribution in [0.2, 0.25) is 0 Å². The summed E-state index contributed by atoms with van der Waals surface area (Å²) in [6.07, 6.45) is 1.95. The molecule has 112 valence electrons. The van der Waals surface area contributed by atoms with Gasteiger partial charge in [0, 0.05) is 51.2 Å². The van der Waals surface area contributed by atoms with Crippen molar-refractivity contribution in [2.24, 2.45) is 0 Å². The van der Waals surface area contributed by atoms with E-state index in [2.05, 4.69) is 45.1 Å². The van der Waals surface area contributed by atoms with Crippen LogP contribution in [0.3, 0.4) is 0 Å². The van der Waals surface area contributed by atoms with E-state index < -0.39 is 0 Å². The van der Waals surface area contributed by atoms with Crippen LogP contribution < -0.4 is 0 Å². The van der Waals surface area contributed by atoms with Crippen molar-refractivity contribution >= 4 is 0 Å². The van der Waals surface area contributed by atoms with E-state index in [1.807, 2.05) is 12.3 Å². The van der Waals surface area contributed by atoms with Gasteiger partial charge in [-0.1, -0.05) is 24.3 Å². The van der Waals surface area contributed by atoms with E-state index in [1.165, 1.54) is 16.8 Å². The van der Waals surface area contributed by atoms with Gasteiger partial charge in [0.15, 0.2) is 0 Å². The number of aromatic nitrogens is 1. The second-order valence-corrected chi connectivity index (χ2v) is 5.62. The van der Waals surface area contributed by atoms with Gasteiger partial charge in [0.2, 0.25) is 0 Å². The first-order valence-corrected chi connectivity index (χ1v) is 7.63. The number of rotatable bonds is 5. The molecule has 1 aromatic carbocycles. The van der Waals surface area contributed by atoms with Gasteiger partial charge in [-0.3, -0.25) is 9.80 Å². The monoisotopic (exact) mass is 285 g/mol. The molecule has 2 aromatic rings. The quantitative estimate of drug-likeness (QED) is 0.880. The summed E-state index contributed by atoms with van der Waals surface area (Å²) in [5.74, 6) is 0. The molecule has 0 aliphatic carbocycles. The predicted octanol–water partition coefficient (Wildman–Crippen LogP) is 1.79. The van der Waals surface area contributed by atoms with Gasteiger partial charge in [-0.2, -0.15) is 0 Å². The molecule has 0 atom stereocenters. The third-order valence-electron chi connectivity index (χ3n) is 4.15. The van der Waals surface area contributed by atoms with Crippen molar-refractivity contribution in [1.29, 1.82) is 0 Å². The summed E-state index contributed by atoms with van der Waals surface area (Å²) in [6.45, 7) is 6.36. The second kappa shape index (κ2) is 6.89. The number of piperazine rings is 1. The lowest BCUT2D eigenvalue weighted by Crippen LogP contribution is -2.46. The van der Waals surface area contributed by atoms with Crippen LogP contribution in [0.25, 0.3) is 11.3 Å². The molecule has 2 heterocycles. The molecule has 1 fully saturated rings. The number of nitrogens with one attached hydrogen (secondary N) is 1. The number of aromatic amines is 1. The number of aliphatic hydroxyl groups excluding tert-OH is 1.